The van der Waals surface area contributed by atoms with Gasteiger partial charge in [-0.2, -0.15) is 9.30 Å². The first-order valence-electron chi connectivity index (χ1n) is 12.5. The Bertz CT molecular complexity index is 1430. The largest absolute Gasteiger partial charge is 0.468 e. The number of aryl methyl sites for hydroxylation is 2. The van der Waals surface area contributed by atoms with Crippen molar-refractivity contribution in [2.24, 2.45) is 4.99 Å². The van der Waals surface area contributed by atoms with Crippen molar-refractivity contribution in [1.82, 2.24) is 8.87 Å². The number of sulfonamides is 1. The maximum absolute atomic E-state index is 13.2. The van der Waals surface area contributed by atoms with Crippen LogP contribution in [0.2, 0.25) is 0 Å². The maximum atomic E-state index is 13.2. The van der Waals surface area contributed by atoms with E-state index in [1.165, 1.54) is 47.0 Å². The second-order valence-corrected chi connectivity index (χ2v) is 12.0. The molecular weight excluding hydrogens is 510 g/mol. The second kappa shape index (κ2) is 12.6. The summed E-state index contributed by atoms with van der Waals surface area (Å²) >= 11 is 1.32. The zero-order valence-electron chi connectivity index (χ0n) is 22.1. The van der Waals surface area contributed by atoms with Gasteiger partial charge in [-0.05, 0) is 68.1 Å². The van der Waals surface area contributed by atoms with E-state index in [2.05, 4.69) is 4.99 Å². The van der Waals surface area contributed by atoms with Gasteiger partial charge in [0, 0.05) is 18.7 Å². The first-order valence-corrected chi connectivity index (χ1v) is 14.7. The number of benzene rings is 2. The van der Waals surface area contributed by atoms with Crippen molar-refractivity contribution in [2.75, 3.05) is 20.2 Å². The minimum Gasteiger partial charge on any atom is -0.468 e. The molecule has 0 aliphatic rings. The Balaban J connectivity index is 1.97. The van der Waals surface area contributed by atoms with E-state index in [4.69, 9.17) is 4.74 Å². The topological polar surface area (TPSA) is 98.0 Å². The van der Waals surface area contributed by atoms with Gasteiger partial charge in [0.25, 0.3) is 5.91 Å². The number of unbranched alkanes of at least 4 members (excludes halogenated alkanes) is 2. The van der Waals surface area contributed by atoms with Crippen LogP contribution < -0.4 is 4.80 Å². The molecule has 3 aromatic rings. The van der Waals surface area contributed by atoms with Gasteiger partial charge < -0.3 is 9.30 Å². The number of rotatable bonds is 11. The van der Waals surface area contributed by atoms with E-state index in [1.807, 2.05) is 39.8 Å². The monoisotopic (exact) mass is 545 g/mol. The summed E-state index contributed by atoms with van der Waals surface area (Å²) in [4.78, 5) is 30.0. The molecule has 10 heteroatoms. The van der Waals surface area contributed by atoms with Gasteiger partial charge in [-0.1, -0.05) is 44.1 Å². The quantitative estimate of drug-likeness (QED) is 0.322. The molecule has 0 N–H and O–H groups in total. The smallest absolute Gasteiger partial charge is 0.325 e. The predicted octanol–water partition coefficient (Wildman–Crippen LogP) is 4.82. The zero-order chi connectivity index (χ0) is 27.2. The summed E-state index contributed by atoms with van der Waals surface area (Å²) < 4.78 is 35.4. The van der Waals surface area contributed by atoms with E-state index in [1.54, 1.807) is 4.57 Å². The summed E-state index contributed by atoms with van der Waals surface area (Å²) in [5, 5.41) is 0. The van der Waals surface area contributed by atoms with Crippen molar-refractivity contribution in [2.45, 2.75) is 64.8 Å². The minimum atomic E-state index is -3.66. The van der Waals surface area contributed by atoms with Crippen LogP contribution in [0.1, 0.15) is 61.0 Å². The number of methoxy groups -OCH3 is 1. The summed E-state index contributed by atoms with van der Waals surface area (Å²) in [7, 11) is -2.34. The van der Waals surface area contributed by atoms with Crippen LogP contribution in [0.4, 0.5) is 0 Å². The molecule has 0 saturated heterocycles. The molecule has 0 aliphatic heterocycles. The summed E-state index contributed by atoms with van der Waals surface area (Å²) in [6.45, 7) is 8.87. The second-order valence-electron chi connectivity index (χ2n) is 9.03. The van der Waals surface area contributed by atoms with E-state index in [0.29, 0.717) is 17.9 Å². The normalized spacial score (nSPS) is 12.4. The van der Waals surface area contributed by atoms with Crippen molar-refractivity contribution in [3.63, 3.8) is 0 Å². The van der Waals surface area contributed by atoms with Gasteiger partial charge in [0.15, 0.2) is 4.80 Å². The van der Waals surface area contributed by atoms with E-state index < -0.39 is 21.9 Å². The number of ether oxygens (including phenoxy) is 1. The molecule has 0 radical (unpaired) electrons. The number of hydrogen-bond acceptors (Lipinski definition) is 6. The van der Waals surface area contributed by atoms with Gasteiger partial charge in [-0.3, -0.25) is 9.59 Å². The van der Waals surface area contributed by atoms with Crippen molar-refractivity contribution >= 4 is 43.5 Å². The Hall–Kier alpha value is -2.82. The summed E-state index contributed by atoms with van der Waals surface area (Å²) in [6, 6.07) is 9.91. The Morgan fingerprint density at radius 2 is 1.65 bits per heavy atom. The van der Waals surface area contributed by atoms with E-state index >= 15 is 0 Å². The highest BCUT2D eigenvalue weighted by molar-refractivity contribution is 7.89. The molecule has 3 rings (SSSR count). The van der Waals surface area contributed by atoms with Crippen LogP contribution in [0.15, 0.2) is 46.3 Å². The average Bonchev–Trinajstić information content (AvgIpc) is 3.20. The van der Waals surface area contributed by atoms with Crippen LogP contribution in [0.5, 0.6) is 0 Å². The highest BCUT2D eigenvalue weighted by Gasteiger charge is 2.24. The fourth-order valence-corrected chi connectivity index (χ4v) is 6.83. The lowest BCUT2D eigenvalue weighted by Crippen LogP contribution is -2.33. The fraction of sp³-hybridized carbons (Fsp3) is 0.444. The lowest BCUT2D eigenvalue weighted by molar-refractivity contribution is -0.141. The molecule has 0 aliphatic carbocycles. The molecule has 1 amide bonds. The lowest BCUT2D eigenvalue weighted by Gasteiger charge is -2.22. The number of carbonyl (C=O) groups is 2. The minimum absolute atomic E-state index is 0.0744. The number of amides is 1. The SMILES string of the molecule is CCCCN(CCCC)S(=O)(=O)c1ccc(C(=O)N=c2sc3cc(C)cc(C)c3n2CC(=O)OC)cc1. The molecule has 1 heterocycles. The standard InChI is InChI=1S/C27H35N3O5S2/c1-6-8-14-29(15-9-7-2)37(33,34)22-12-10-21(11-13-22)26(32)28-27-30(18-24(31)35-5)25-20(4)16-19(3)17-23(25)36-27/h10-13,16-17H,6-9,14-15,18H2,1-5H3. The van der Waals surface area contributed by atoms with Gasteiger partial charge in [-0.15, -0.1) is 0 Å². The van der Waals surface area contributed by atoms with Gasteiger partial charge in [0.05, 0.1) is 22.2 Å². The summed E-state index contributed by atoms with van der Waals surface area (Å²) in [5.74, 6) is -0.962. The van der Waals surface area contributed by atoms with Crippen LogP contribution in [-0.4, -0.2) is 49.4 Å². The Labute approximate surface area is 222 Å². The number of thiazole rings is 1. The van der Waals surface area contributed by atoms with Crippen molar-refractivity contribution < 1.29 is 22.7 Å². The van der Waals surface area contributed by atoms with Crippen LogP contribution in [0, 0.1) is 13.8 Å². The average molecular weight is 546 g/mol. The van der Waals surface area contributed by atoms with Crippen LogP contribution in [-0.2, 0) is 26.1 Å². The third-order valence-corrected chi connectivity index (χ3v) is 9.02. The third kappa shape index (κ3) is 6.74. The molecule has 8 nitrogen and oxygen atoms in total. The van der Waals surface area contributed by atoms with E-state index in [-0.39, 0.29) is 17.0 Å². The molecule has 0 saturated carbocycles. The number of aromatic nitrogens is 1. The molecule has 200 valence electrons. The van der Waals surface area contributed by atoms with Crippen LogP contribution in [0.25, 0.3) is 10.2 Å². The highest BCUT2D eigenvalue weighted by atomic mass is 32.2. The molecular formula is C27H35N3O5S2. The van der Waals surface area contributed by atoms with E-state index in [0.717, 1.165) is 47.0 Å². The van der Waals surface area contributed by atoms with Crippen molar-refractivity contribution in [3.8, 4) is 0 Å². The van der Waals surface area contributed by atoms with Gasteiger partial charge >= 0.3 is 5.97 Å². The Morgan fingerprint density at radius 1 is 1.03 bits per heavy atom. The fourth-order valence-electron chi connectivity index (χ4n) is 4.11. The van der Waals surface area contributed by atoms with Gasteiger partial charge in [-0.25, -0.2) is 8.42 Å². The van der Waals surface area contributed by atoms with Crippen molar-refractivity contribution in [3.05, 3.63) is 57.9 Å². The zero-order valence-corrected chi connectivity index (χ0v) is 23.7. The number of carbonyl (C=O) groups excluding carboxylic acids is 2. The predicted molar refractivity (Wildman–Crippen MR) is 146 cm³/mol. The van der Waals surface area contributed by atoms with Gasteiger partial charge in [0.1, 0.15) is 6.54 Å². The third-order valence-electron chi connectivity index (χ3n) is 6.09. The molecule has 37 heavy (non-hydrogen) atoms. The van der Waals surface area contributed by atoms with Crippen LogP contribution >= 0.6 is 11.3 Å². The number of esters is 1. The Kier molecular flexibility index (Phi) is 9.80. The first kappa shape index (κ1) is 28.7. The van der Waals surface area contributed by atoms with Gasteiger partial charge in [0.2, 0.25) is 10.0 Å². The molecule has 0 unspecified atom stereocenters. The molecule has 2 aromatic carbocycles. The first-order chi connectivity index (χ1) is 17.6. The van der Waals surface area contributed by atoms with Crippen molar-refractivity contribution in [1.29, 1.82) is 0 Å². The number of hydrogen-bond donors (Lipinski definition) is 0. The molecule has 0 spiro atoms. The Morgan fingerprint density at radius 3 is 2.22 bits per heavy atom. The summed E-state index contributed by atoms with van der Waals surface area (Å²) in [5.41, 5.74) is 3.13. The molecule has 0 atom stereocenters. The highest BCUT2D eigenvalue weighted by Crippen LogP contribution is 2.24. The number of fused-ring (bicyclic) bond motifs is 1. The van der Waals surface area contributed by atoms with E-state index in [9.17, 15) is 18.0 Å². The molecule has 0 bridgehead atoms. The maximum Gasteiger partial charge on any atom is 0.325 e. The lowest BCUT2D eigenvalue weighted by atomic mass is 10.1. The molecule has 0 fully saturated rings. The van der Waals surface area contributed by atoms with Crippen LogP contribution in [0.3, 0.4) is 0 Å². The summed E-state index contributed by atoms with van der Waals surface area (Å²) in [6.07, 6.45) is 3.38. The molecule has 1 aromatic heterocycles. The number of nitrogens with zero attached hydrogens (tertiary/aromatic N) is 3.